The summed E-state index contributed by atoms with van der Waals surface area (Å²) in [5.74, 6) is -0.160. The topological polar surface area (TPSA) is 54.5 Å². The average Bonchev–Trinajstić information content (AvgIpc) is 2.47. The molecule has 1 amide bonds. The van der Waals surface area contributed by atoms with Gasteiger partial charge in [-0.15, -0.1) is 0 Å². The Hall–Kier alpha value is -1.21. The zero-order valence-electron chi connectivity index (χ0n) is 12.8. The van der Waals surface area contributed by atoms with Crippen molar-refractivity contribution < 1.29 is 9.53 Å². The molecule has 2 heterocycles. The minimum atomic E-state index is -0.491. The molecular formula is C16H17BrClN3O2. The Bertz CT molecular complexity index is 745. The van der Waals surface area contributed by atoms with E-state index < -0.39 is 6.10 Å². The molecule has 0 bridgehead atoms. The number of halogens is 2. The molecule has 2 atom stereocenters. The maximum atomic E-state index is 12.5. The number of pyridine rings is 1. The molecule has 0 aliphatic carbocycles. The van der Waals surface area contributed by atoms with E-state index in [4.69, 9.17) is 16.3 Å². The number of carbonyl (C=O) groups is 1. The largest absolute Gasteiger partial charge is 0.363 e. The third kappa shape index (κ3) is 3.66. The zero-order chi connectivity index (χ0) is 16.6. The summed E-state index contributed by atoms with van der Waals surface area (Å²) >= 11 is 9.64. The van der Waals surface area contributed by atoms with Gasteiger partial charge in [0.05, 0.1) is 22.3 Å². The number of morpholine rings is 1. The molecule has 0 spiro atoms. The molecule has 2 aromatic rings. The highest BCUT2D eigenvalue weighted by atomic mass is 79.9. The maximum Gasteiger partial charge on any atom is 0.254 e. The van der Waals surface area contributed by atoms with Gasteiger partial charge in [0.25, 0.3) is 5.91 Å². The van der Waals surface area contributed by atoms with Crippen LogP contribution >= 0.6 is 27.5 Å². The number of nitrogens with zero attached hydrogens (tertiary/aromatic N) is 2. The second-order valence-corrected chi connectivity index (χ2v) is 7.11. The summed E-state index contributed by atoms with van der Waals surface area (Å²) in [5.41, 5.74) is 1.33. The van der Waals surface area contributed by atoms with Crippen LogP contribution in [0.5, 0.6) is 0 Å². The summed E-state index contributed by atoms with van der Waals surface area (Å²) in [5, 5.41) is 4.26. The van der Waals surface area contributed by atoms with Crippen LogP contribution in [0.15, 0.2) is 28.9 Å². The van der Waals surface area contributed by atoms with Crippen molar-refractivity contribution in [3.63, 3.8) is 0 Å². The summed E-state index contributed by atoms with van der Waals surface area (Å²) < 4.78 is 6.58. The van der Waals surface area contributed by atoms with Gasteiger partial charge in [0.1, 0.15) is 6.10 Å². The molecule has 1 aliphatic rings. The lowest BCUT2D eigenvalue weighted by Crippen LogP contribution is -2.49. The van der Waals surface area contributed by atoms with E-state index in [0.717, 1.165) is 16.4 Å². The number of likely N-dealkylation sites (N-methyl/N-ethyl adjacent to an activating group) is 1. The molecule has 0 saturated carbocycles. The summed E-state index contributed by atoms with van der Waals surface area (Å²) in [6.45, 7) is 3.36. The number of fused-ring (bicyclic) bond motifs is 1. The second kappa shape index (κ2) is 6.73. The average molecular weight is 399 g/mol. The van der Waals surface area contributed by atoms with Crippen LogP contribution < -0.4 is 5.32 Å². The van der Waals surface area contributed by atoms with Crippen LogP contribution in [0.2, 0.25) is 5.02 Å². The molecule has 0 unspecified atom stereocenters. The summed E-state index contributed by atoms with van der Waals surface area (Å²) in [4.78, 5) is 18.9. The van der Waals surface area contributed by atoms with Crippen molar-refractivity contribution in [2.45, 2.75) is 19.1 Å². The van der Waals surface area contributed by atoms with Crippen LogP contribution in [-0.2, 0) is 9.53 Å². The number of aromatic nitrogens is 1. The van der Waals surface area contributed by atoms with E-state index in [1.165, 1.54) is 0 Å². The Labute approximate surface area is 148 Å². The first-order valence-corrected chi connectivity index (χ1v) is 8.50. The standard InChI is InChI=1S/C16H17BrClN3O2/c1-9-7-21(2)8-14(23-9)16(22)20-13-3-4-19-15-11(13)5-10(17)6-12(15)18/h3-6,9,14H,7-8H2,1-2H3,(H,19,20,22)/t9-,14-/m1/s1. The minimum Gasteiger partial charge on any atom is -0.363 e. The number of hydrogen-bond acceptors (Lipinski definition) is 4. The first-order valence-electron chi connectivity index (χ1n) is 7.32. The van der Waals surface area contributed by atoms with Crippen LogP contribution in [0.4, 0.5) is 5.69 Å². The molecule has 1 saturated heterocycles. The van der Waals surface area contributed by atoms with Gasteiger partial charge in [0.2, 0.25) is 0 Å². The highest BCUT2D eigenvalue weighted by molar-refractivity contribution is 9.10. The third-order valence-electron chi connectivity index (χ3n) is 3.76. The smallest absolute Gasteiger partial charge is 0.254 e. The van der Waals surface area contributed by atoms with Gasteiger partial charge < -0.3 is 15.0 Å². The fourth-order valence-corrected chi connectivity index (χ4v) is 3.67. The van der Waals surface area contributed by atoms with E-state index in [2.05, 4.69) is 31.1 Å². The SMILES string of the molecule is C[C@@H]1CN(C)C[C@H](C(=O)Nc2ccnc3c(Cl)cc(Br)cc23)O1. The molecule has 3 rings (SSSR count). The fourth-order valence-electron chi connectivity index (χ4n) is 2.81. The number of hydrogen-bond donors (Lipinski definition) is 1. The van der Waals surface area contributed by atoms with E-state index in [1.54, 1.807) is 18.3 Å². The zero-order valence-corrected chi connectivity index (χ0v) is 15.2. The molecule has 7 heteroatoms. The van der Waals surface area contributed by atoms with Gasteiger partial charge in [-0.2, -0.15) is 0 Å². The lowest BCUT2D eigenvalue weighted by atomic mass is 10.1. The van der Waals surface area contributed by atoms with Crippen LogP contribution in [0.25, 0.3) is 10.9 Å². The summed E-state index contributed by atoms with van der Waals surface area (Å²) in [7, 11) is 1.98. The minimum absolute atomic E-state index is 0.0299. The van der Waals surface area contributed by atoms with Crippen LogP contribution in [-0.4, -0.2) is 48.1 Å². The maximum absolute atomic E-state index is 12.5. The first kappa shape index (κ1) is 16.6. The van der Waals surface area contributed by atoms with Crippen molar-refractivity contribution in [2.24, 2.45) is 0 Å². The normalized spacial score (nSPS) is 22.3. The highest BCUT2D eigenvalue weighted by Crippen LogP contribution is 2.31. The van der Waals surface area contributed by atoms with Gasteiger partial charge in [-0.25, -0.2) is 0 Å². The van der Waals surface area contributed by atoms with Gasteiger partial charge >= 0.3 is 0 Å². The van der Waals surface area contributed by atoms with Crippen molar-refractivity contribution >= 4 is 50.0 Å². The first-order chi connectivity index (χ1) is 10.9. The molecule has 1 aromatic heterocycles. The third-order valence-corrected chi connectivity index (χ3v) is 4.50. The van der Waals surface area contributed by atoms with Crippen molar-refractivity contribution in [2.75, 3.05) is 25.5 Å². The highest BCUT2D eigenvalue weighted by Gasteiger charge is 2.29. The van der Waals surface area contributed by atoms with Gasteiger partial charge in [0, 0.05) is 29.1 Å². The van der Waals surface area contributed by atoms with E-state index in [-0.39, 0.29) is 12.0 Å². The molecule has 23 heavy (non-hydrogen) atoms. The van der Waals surface area contributed by atoms with E-state index in [0.29, 0.717) is 22.8 Å². The molecule has 1 aromatic carbocycles. The molecule has 1 fully saturated rings. The number of amides is 1. The second-order valence-electron chi connectivity index (χ2n) is 5.79. The number of ether oxygens (including phenoxy) is 1. The van der Waals surface area contributed by atoms with E-state index in [1.807, 2.05) is 20.0 Å². The molecule has 1 aliphatic heterocycles. The Morgan fingerprint density at radius 2 is 2.26 bits per heavy atom. The number of rotatable bonds is 2. The van der Waals surface area contributed by atoms with Crippen molar-refractivity contribution in [1.29, 1.82) is 0 Å². The quantitative estimate of drug-likeness (QED) is 0.843. The lowest BCUT2D eigenvalue weighted by molar-refractivity contribution is -0.139. The van der Waals surface area contributed by atoms with Gasteiger partial charge in [-0.05, 0) is 32.2 Å². The molecule has 0 radical (unpaired) electrons. The van der Waals surface area contributed by atoms with Crippen LogP contribution in [0.1, 0.15) is 6.92 Å². The van der Waals surface area contributed by atoms with Gasteiger partial charge in [-0.3, -0.25) is 9.78 Å². The summed E-state index contributed by atoms with van der Waals surface area (Å²) in [6, 6.07) is 5.43. The lowest BCUT2D eigenvalue weighted by Gasteiger charge is -2.33. The molecule has 5 nitrogen and oxygen atoms in total. The summed E-state index contributed by atoms with van der Waals surface area (Å²) in [6.07, 6.45) is 1.17. The van der Waals surface area contributed by atoms with Crippen molar-refractivity contribution in [3.05, 3.63) is 33.9 Å². The Balaban J connectivity index is 1.88. The predicted octanol–water partition coefficient (Wildman–Crippen LogP) is 3.31. The Kier molecular flexibility index (Phi) is 4.87. The number of carbonyl (C=O) groups excluding carboxylic acids is 1. The molecular weight excluding hydrogens is 382 g/mol. The molecule has 1 N–H and O–H groups in total. The number of anilines is 1. The number of benzene rings is 1. The molecule has 122 valence electrons. The van der Waals surface area contributed by atoms with Crippen molar-refractivity contribution in [1.82, 2.24) is 9.88 Å². The van der Waals surface area contributed by atoms with E-state index >= 15 is 0 Å². The van der Waals surface area contributed by atoms with Crippen LogP contribution in [0.3, 0.4) is 0 Å². The van der Waals surface area contributed by atoms with E-state index in [9.17, 15) is 4.79 Å². The predicted molar refractivity (Wildman–Crippen MR) is 94.9 cm³/mol. The fraction of sp³-hybridized carbons (Fsp3) is 0.375. The monoisotopic (exact) mass is 397 g/mol. The Morgan fingerprint density at radius 3 is 3.00 bits per heavy atom. The number of nitrogens with one attached hydrogen (secondary N) is 1. The van der Waals surface area contributed by atoms with Gasteiger partial charge in [0.15, 0.2) is 0 Å². The van der Waals surface area contributed by atoms with Gasteiger partial charge in [-0.1, -0.05) is 27.5 Å². The van der Waals surface area contributed by atoms with Crippen molar-refractivity contribution in [3.8, 4) is 0 Å². The Morgan fingerprint density at radius 1 is 1.48 bits per heavy atom. The van der Waals surface area contributed by atoms with Crippen LogP contribution in [0, 0.1) is 0 Å².